The van der Waals surface area contributed by atoms with Crippen molar-refractivity contribution in [2.45, 2.75) is 38.5 Å². The summed E-state index contributed by atoms with van der Waals surface area (Å²) in [6.07, 6.45) is 13.4. The fraction of sp³-hybridized carbons (Fsp3) is 0.286. The summed E-state index contributed by atoms with van der Waals surface area (Å²) in [5.74, 6) is 0.796. The molecule has 156 valence electrons. The van der Waals surface area contributed by atoms with Crippen LogP contribution in [0.25, 0.3) is 0 Å². The van der Waals surface area contributed by atoms with Gasteiger partial charge in [-0.1, -0.05) is 86.0 Å². The quantitative estimate of drug-likeness (QED) is 0.123. The summed E-state index contributed by atoms with van der Waals surface area (Å²) in [5, 5.41) is 4.36. The highest BCUT2D eigenvalue weighted by Crippen LogP contribution is 2.55. The Morgan fingerprint density at radius 2 is 0.967 bits per heavy atom. The molecule has 0 atom stereocenters. The fourth-order valence-electron chi connectivity index (χ4n) is 4.05. The van der Waals surface area contributed by atoms with Gasteiger partial charge < -0.3 is 0 Å². The molecule has 0 radical (unpaired) electrons. The molecule has 0 amide bonds. The number of benzene rings is 3. The molecule has 0 aliphatic heterocycles. The molecular weight excluding hydrogens is 403 g/mol. The highest BCUT2D eigenvalue weighted by molar-refractivity contribution is 7.95. The van der Waals surface area contributed by atoms with E-state index in [0.29, 0.717) is 0 Å². The minimum atomic E-state index is -1.73. The summed E-state index contributed by atoms with van der Waals surface area (Å²) in [7, 11) is -1.73. The van der Waals surface area contributed by atoms with Gasteiger partial charge in [0.1, 0.15) is 23.2 Å². The van der Waals surface area contributed by atoms with E-state index in [9.17, 15) is 0 Å². The van der Waals surface area contributed by atoms with Crippen molar-refractivity contribution in [2.24, 2.45) is 0 Å². The fourth-order valence-corrected chi connectivity index (χ4v) is 8.27. The molecule has 30 heavy (non-hydrogen) atoms. The maximum atomic E-state index is 5.77. The normalized spacial score (nSPS) is 11.8. The number of hydrogen-bond acceptors (Lipinski definition) is 0. The van der Waals surface area contributed by atoms with Crippen LogP contribution < -0.4 is 15.9 Å². The molecule has 3 aromatic carbocycles. The van der Waals surface area contributed by atoms with Gasteiger partial charge in [0.25, 0.3) is 0 Å². The van der Waals surface area contributed by atoms with E-state index < -0.39 is 7.26 Å². The lowest BCUT2D eigenvalue weighted by Crippen LogP contribution is -2.32. The van der Waals surface area contributed by atoms with Crippen LogP contribution in [0.5, 0.6) is 0 Å². The van der Waals surface area contributed by atoms with E-state index in [4.69, 9.17) is 11.6 Å². The summed E-state index contributed by atoms with van der Waals surface area (Å²) in [4.78, 5) is 0. The Bertz CT molecular complexity index is 762. The summed E-state index contributed by atoms with van der Waals surface area (Å²) >= 11 is 5.77. The van der Waals surface area contributed by atoms with Crippen molar-refractivity contribution in [2.75, 3.05) is 12.0 Å². The molecule has 3 rings (SSSR count). The van der Waals surface area contributed by atoms with Gasteiger partial charge in [-0.2, -0.15) is 0 Å². The average molecular weight is 436 g/mol. The van der Waals surface area contributed by atoms with Crippen molar-refractivity contribution in [1.29, 1.82) is 0 Å². The van der Waals surface area contributed by atoms with Crippen molar-refractivity contribution in [3.8, 4) is 0 Å². The summed E-state index contributed by atoms with van der Waals surface area (Å²) in [5.41, 5.74) is 0. The number of hydrogen-bond donors (Lipinski definition) is 0. The van der Waals surface area contributed by atoms with Crippen molar-refractivity contribution < 1.29 is 0 Å². The van der Waals surface area contributed by atoms with E-state index in [2.05, 4.69) is 103 Å². The second-order valence-corrected chi connectivity index (χ2v) is 11.6. The molecule has 2 heteroatoms. The molecule has 0 aromatic heterocycles. The largest absolute Gasteiger partial charge is 0.127 e. The molecule has 0 saturated heterocycles. The molecule has 0 aliphatic carbocycles. The Morgan fingerprint density at radius 1 is 0.533 bits per heavy atom. The summed E-state index contributed by atoms with van der Waals surface area (Å²) in [6.45, 7) is 0. The van der Waals surface area contributed by atoms with Gasteiger partial charge in [-0.05, 0) is 55.7 Å². The molecule has 0 bridgehead atoms. The maximum Gasteiger partial charge on any atom is 0.115 e. The van der Waals surface area contributed by atoms with Gasteiger partial charge >= 0.3 is 0 Å². The molecule has 0 saturated carbocycles. The van der Waals surface area contributed by atoms with Crippen LogP contribution in [0, 0.1) is 0 Å². The minimum Gasteiger partial charge on any atom is -0.127 e. The Labute approximate surface area is 188 Å². The zero-order chi connectivity index (χ0) is 20.9. The van der Waals surface area contributed by atoms with Crippen LogP contribution in [0.4, 0.5) is 0 Å². The molecule has 0 N–H and O–H groups in total. The van der Waals surface area contributed by atoms with Crippen LogP contribution in [0.1, 0.15) is 38.5 Å². The minimum absolute atomic E-state index is 0.796. The van der Waals surface area contributed by atoms with Gasteiger partial charge in [0.2, 0.25) is 0 Å². The monoisotopic (exact) mass is 435 g/mol. The lowest BCUT2D eigenvalue weighted by molar-refractivity contribution is 0.639. The van der Waals surface area contributed by atoms with E-state index >= 15 is 0 Å². The second-order valence-electron chi connectivity index (χ2n) is 7.72. The first kappa shape index (κ1) is 22.8. The first-order valence-electron chi connectivity index (χ1n) is 11.1. The Morgan fingerprint density at radius 3 is 1.43 bits per heavy atom. The summed E-state index contributed by atoms with van der Waals surface area (Å²) in [6, 6.07) is 33.4. The third-order valence-electron chi connectivity index (χ3n) is 5.64. The average Bonchev–Trinajstić information content (AvgIpc) is 2.82. The Balaban J connectivity index is 1.84. The molecule has 3 aromatic rings. The number of rotatable bonds is 12. The molecule has 0 aliphatic rings. The zero-order valence-electron chi connectivity index (χ0n) is 17.8. The topological polar surface area (TPSA) is 0 Å². The van der Waals surface area contributed by atoms with Crippen LogP contribution in [-0.2, 0) is 0 Å². The Kier molecular flexibility index (Phi) is 9.68. The van der Waals surface area contributed by atoms with Gasteiger partial charge in [0.05, 0.1) is 6.16 Å². The van der Waals surface area contributed by atoms with Crippen LogP contribution in [0.2, 0.25) is 0 Å². The van der Waals surface area contributed by atoms with Crippen LogP contribution in [-0.4, -0.2) is 12.0 Å². The van der Waals surface area contributed by atoms with Crippen molar-refractivity contribution in [1.82, 2.24) is 0 Å². The smallest absolute Gasteiger partial charge is 0.115 e. The standard InChI is InChI=1S/C28H33ClP/c29-24-16-5-3-1-2-4-6-17-25-30(26-18-10-7-11-19-26,27-20-12-8-13-21-27)28-22-14-9-15-23-28/h6-15,17-23H,1-5,16,24-25H2/q+1. The second kappa shape index (κ2) is 12.7. The van der Waals surface area contributed by atoms with Gasteiger partial charge in [-0.25, -0.2) is 0 Å². The van der Waals surface area contributed by atoms with Crippen LogP contribution >= 0.6 is 18.9 Å². The first-order valence-corrected chi connectivity index (χ1v) is 13.6. The molecule has 0 nitrogen and oxygen atoms in total. The third kappa shape index (κ3) is 6.07. The Hall–Kier alpha value is -1.88. The van der Waals surface area contributed by atoms with Gasteiger partial charge in [0.15, 0.2) is 0 Å². The van der Waals surface area contributed by atoms with Gasteiger partial charge in [0, 0.05) is 5.88 Å². The molecule has 0 heterocycles. The number of halogens is 1. The van der Waals surface area contributed by atoms with Crippen molar-refractivity contribution in [3.63, 3.8) is 0 Å². The molecule has 0 spiro atoms. The predicted molar refractivity (Wildman–Crippen MR) is 138 cm³/mol. The van der Waals surface area contributed by atoms with Crippen LogP contribution in [0.3, 0.4) is 0 Å². The SMILES string of the molecule is ClCCCCCCCC=CC[P+](c1ccccc1)(c1ccccc1)c1ccccc1. The van der Waals surface area contributed by atoms with E-state index in [1.165, 1.54) is 48.0 Å². The number of alkyl halides is 1. The number of allylic oxidation sites excluding steroid dienone is 2. The maximum absolute atomic E-state index is 5.77. The van der Waals surface area contributed by atoms with Crippen molar-refractivity contribution in [3.05, 3.63) is 103 Å². The summed E-state index contributed by atoms with van der Waals surface area (Å²) < 4.78 is 0. The highest BCUT2D eigenvalue weighted by Gasteiger charge is 2.43. The molecule has 0 fully saturated rings. The lowest BCUT2D eigenvalue weighted by Gasteiger charge is -2.26. The third-order valence-corrected chi connectivity index (χ3v) is 10.2. The van der Waals surface area contributed by atoms with E-state index in [0.717, 1.165) is 18.5 Å². The van der Waals surface area contributed by atoms with Gasteiger partial charge in [-0.15, -0.1) is 11.6 Å². The lowest BCUT2D eigenvalue weighted by atomic mass is 10.1. The first-order chi connectivity index (χ1) is 14.9. The predicted octanol–water partition coefficient (Wildman–Crippen LogP) is 7.12. The molecule has 0 unspecified atom stereocenters. The number of unbranched alkanes of at least 4 members (excludes halogenated alkanes) is 5. The zero-order valence-corrected chi connectivity index (χ0v) is 19.4. The van der Waals surface area contributed by atoms with Crippen LogP contribution in [0.15, 0.2) is 103 Å². The van der Waals surface area contributed by atoms with E-state index in [1.54, 1.807) is 0 Å². The van der Waals surface area contributed by atoms with Crippen molar-refractivity contribution >= 4 is 34.8 Å². The van der Waals surface area contributed by atoms with E-state index in [1.807, 2.05) is 0 Å². The van der Waals surface area contributed by atoms with E-state index in [-0.39, 0.29) is 0 Å². The highest BCUT2D eigenvalue weighted by atomic mass is 35.5. The van der Waals surface area contributed by atoms with Gasteiger partial charge in [-0.3, -0.25) is 0 Å². The molecular formula is C28H33ClP+.